The van der Waals surface area contributed by atoms with E-state index in [0.717, 1.165) is 4.90 Å². The molecule has 7 nitrogen and oxygen atoms in total. The molecule has 0 aromatic rings. The molecule has 0 saturated heterocycles. The van der Waals surface area contributed by atoms with Gasteiger partial charge < -0.3 is 21.1 Å². The maximum absolute atomic E-state index is 11.2. The molecule has 3 amide bonds. The van der Waals surface area contributed by atoms with E-state index in [-0.39, 0.29) is 13.0 Å². The van der Waals surface area contributed by atoms with Gasteiger partial charge in [-0.05, 0) is 6.42 Å². The Morgan fingerprint density at radius 3 is 2.47 bits per heavy atom. The lowest BCUT2D eigenvalue weighted by molar-refractivity contribution is -0.137. The minimum Gasteiger partial charge on any atom is -0.480 e. The molecule has 0 aliphatic heterocycles. The highest BCUT2D eigenvalue weighted by Crippen LogP contribution is 1.87. The second-order valence-electron chi connectivity index (χ2n) is 3.05. The van der Waals surface area contributed by atoms with Gasteiger partial charge in [-0.15, -0.1) is 0 Å². The summed E-state index contributed by atoms with van der Waals surface area (Å²) in [5.41, 5.74) is 4.90. The summed E-state index contributed by atoms with van der Waals surface area (Å²) in [6, 6.07) is -0.484. The fourth-order valence-electron chi connectivity index (χ4n) is 0.868. The summed E-state index contributed by atoms with van der Waals surface area (Å²) in [5, 5.41) is 10.9. The predicted molar refractivity (Wildman–Crippen MR) is 52.1 cm³/mol. The number of nitrogens with zero attached hydrogens (tertiary/aromatic N) is 1. The number of amides is 3. The van der Waals surface area contributed by atoms with Crippen LogP contribution in [0.3, 0.4) is 0 Å². The minimum absolute atomic E-state index is 0.197. The molecular formula is C8H15N3O4. The molecule has 0 rings (SSSR count). The Balaban J connectivity index is 3.64. The van der Waals surface area contributed by atoms with Crippen LogP contribution >= 0.6 is 0 Å². The summed E-state index contributed by atoms with van der Waals surface area (Å²) in [5.74, 6) is -1.51. The maximum Gasteiger partial charge on any atom is 0.323 e. The second-order valence-corrected chi connectivity index (χ2v) is 3.05. The third-order valence-electron chi connectivity index (χ3n) is 1.60. The molecule has 0 fully saturated rings. The van der Waals surface area contributed by atoms with Gasteiger partial charge in [0.1, 0.15) is 6.54 Å². The van der Waals surface area contributed by atoms with E-state index < -0.39 is 17.9 Å². The molecule has 0 heterocycles. The first-order valence-electron chi connectivity index (χ1n) is 4.42. The van der Waals surface area contributed by atoms with Crippen LogP contribution in [0.5, 0.6) is 0 Å². The van der Waals surface area contributed by atoms with Gasteiger partial charge in [0.05, 0.1) is 0 Å². The summed E-state index contributed by atoms with van der Waals surface area (Å²) >= 11 is 0. The molecule has 86 valence electrons. The van der Waals surface area contributed by atoms with E-state index in [1.54, 1.807) is 0 Å². The van der Waals surface area contributed by atoms with Crippen LogP contribution in [0.25, 0.3) is 0 Å². The van der Waals surface area contributed by atoms with Gasteiger partial charge in [-0.2, -0.15) is 0 Å². The molecule has 0 bridgehead atoms. The van der Waals surface area contributed by atoms with Gasteiger partial charge in [0.25, 0.3) is 0 Å². The Hall–Kier alpha value is -1.79. The molecule has 0 aromatic carbocycles. The standard InChI is InChI=1S/C8H15N3O4/c1-11(5-7(13)14)8(15)10-4-2-3-6(9)12/h2-5H2,1H3,(H2,9,12)(H,10,15)(H,13,14). The SMILES string of the molecule is CN(CC(=O)O)C(=O)NCCCC(N)=O. The number of carboxylic acid groups (broad SMARTS) is 1. The molecular weight excluding hydrogens is 202 g/mol. The number of likely N-dealkylation sites (N-methyl/N-ethyl adjacent to an activating group) is 1. The van der Waals surface area contributed by atoms with Gasteiger partial charge in [-0.25, -0.2) is 4.79 Å². The number of urea groups is 1. The van der Waals surface area contributed by atoms with Crippen LogP contribution in [0, 0.1) is 0 Å². The average Bonchev–Trinajstić information content (AvgIpc) is 2.10. The van der Waals surface area contributed by atoms with Crippen molar-refractivity contribution in [3.8, 4) is 0 Å². The third-order valence-corrected chi connectivity index (χ3v) is 1.60. The molecule has 0 spiro atoms. The zero-order valence-electron chi connectivity index (χ0n) is 8.52. The Labute approximate surface area is 87.2 Å². The van der Waals surface area contributed by atoms with Crippen molar-refractivity contribution in [1.82, 2.24) is 10.2 Å². The van der Waals surface area contributed by atoms with Crippen LogP contribution in [0.2, 0.25) is 0 Å². The molecule has 0 aliphatic carbocycles. The van der Waals surface area contributed by atoms with E-state index in [2.05, 4.69) is 5.32 Å². The molecule has 0 radical (unpaired) electrons. The number of primary amides is 1. The highest BCUT2D eigenvalue weighted by atomic mass is 16.4. The van der Waals surface area contributed by atoms with Crippen molar-refractivity contribution in [1.29, 1.82) is 0 Å². The summed E-state index contributed by atoms with van der Waals surface area (Å²) in [4.78, 5) is 32.8. The molecule has 0 aliphatic rings. The van der Waals surface area contributed by atoms with Crippen molar-refractivity contribution in [3.63, 3.8) is 0 Å². The Morgan fingerprint density at radius 2 is 2.00 bits per heavy atom. The molecule has 0 aromatic heterocycles. The fraction of sp³-hybridized carbons (Fsp3) is 0.625. The largest absolute Gasteiger partial charge is 0.480 e. The molecule has 0 atom stereocenters. The number of carbonyl (C=O) groups is 3. The van der Waals surface area contributed by atoms with E-state index >= 15 is 0 Å². The van der Waals surface area contributed by atoms with E-state index in [0.29, 0.717) is 13.0 Å². The summed E-state index contributed by atoms with van der Waals surface area (Å²) in [7, 11) is 1.37. The maximum atomic E-state index is 11.2. The van der Waals surface area contributed by atoms with Crippen LogP contribution in [0.1, 0.15) is 12.8 Å². The quantitative estimate of drug-likeness (QED) is 0.494. The minimum atomic E-state index is -1.08. The van der Waals surface area contributed by atoms with E-state index in [1.807, 2.05) is 0 Å². The van der Waals surface area contributed by atoms with Gasteiger partial charge in [0, 0.05) is 20.0 Å². The predicted octanol–water partition coefficient (Wildman–Crippen LogP) is -1.02. The molecule has 15 heavy (non-hydrogen) atoms. The van der Waals surface area contributed by atoms with Gasteiger partial charge in [-0.3, -0.25) is 9.59 Å². The van der Waals surface area contributed by atoms with E-state index in [4.69, 9.17) is 10.8 Å². The molecule has 0 unspecified atom stereocenters. The number of carbonyl (C=O) groups excluding carboxylic acids is 2. The number of rotatable bonds is 6. The molecule has 0 saturated carbocycles. The first kappa shape index (κ1) is 13.2. The average molecular weight is 217 g/mol. The van der Waals surface area contributed by atoms with Crippen LogP contribution in [0.4, 0.5) is 4.79 Å². The van der Waals surface area contributed by atoms with Gasteiger partial charge in [-0.1, -0.05) is 0 Å². The van der Waals surface area contributed by atoms with Crippen molar-refractivity contribution in [3.05, 3.63) is 0 Å². The van der Waals surface area contributed by atoms with Crippen molar-refractivity contribution in [2.75, 3.05) is 20.1 Å². The Kier molecular flexibility index (Phi) is 5.84. The number of aliphatic carboxylic acids is 1. The topological polar surface area (TPSA) is 113 Å². The number of hydrogen-bond acceptors (Lipinski definition) is 3. The van der Waals surface area contributed by atoms with Crippen molar-refractivity contribution in [2.24, 2.45) is 5.73 Å². The van der Waals surface area contributed by atoms with Crippen LogP contribution < -0.4 is 11.1 Å². The fourth-order valence-corrected chi connectivity index (χ4v) is 0.868. The number of nitrogens with two attached hydrogens (primary N) is 1. The van der Waals surface area contributed by atoms with Crippen molar-refractivity contribution >= 4 is 17.9 Å². The zero-order chi connectivity index (χ0) is 11.8. The van der Waals surface area contributed by atoms with Gasteiger partial charge in [0.2, 0.25) is 5.91 Å². The monoisotopic (exact) mass is 217 g/mol. The molecule has 7 heteroatoms. The lowest BCUT2D eigenvalue weighted by Gasteiger charge is -2.15. The van der Waals surface area contributed by atoms with E-state index in [1.165, 1.54) is 7.05 Å². The zero-order valence-corrected chi connectivity index (χ0v) is 8.52. The Morgan fingerprint density at radius 1 is 1.40 bits per heavy atom. The summed E-state index contributed by atoms with van der Waals surface area (Å²) in [6.45, 7) is -0.0621. The highest BCUT2D eigenvalue weighted by Gasteiger charge is 2.10. The van der Waals surface area contributed by atoms with Crippen molar-refractivity contribution in [2.45, 2.75) is 12.8 Å². The van der Waals surface area contributed by atoms with Crippen LogP contribution in [-0.4, -0.2) is 48.1 Å². The highest BCUT2D eigenvalue weighted by molar-refractivity contribution is 5.79. The lowest BCUT2D eigenvalue weighted by atomic mass is 10.3. The summed E-state index contributed by atoms with van der Waals surface area (Å²) in [6.07, 6.45) is 0.644. The number of nitrogens with one attached hydrogen (secondary N) is 1. The first-order chi connectivity index (χ1) is 6.93. The Bertz CT molecular complexity index is 254. The number of hydrogen-bond donors (Lipinski definition) is 3. The van der Waals surface area contributed by atoms with Crippen LogP contribution in [0.15, 0.2) is 0 Å². The van der Waals surface area contributed by atoms with E-state index in [9.17, 15) is 14.4 Å². The van der Waals surface area contributed by atoms with Crippen LogP contribution in [-0.2, 0) is 9.59 Å². The second kappa shape index (κ2) is 6.63. The lowest BCUT2D eigenvalue weighted by Crippen LogP contribution is -2.40. The smallest absolute Gasteiger partial charge is 0.323 e. The number of carboxylic acids is 1. The van der Waals surface area contributed by atoms with Crippen molar-refractivity contribution < 1.29 is 19.5 Å². The van der Waals surface area contributed by atoms with Gasteiger partial charge >= 0.3 is 12.0 Å². The van der Waals surface area contributed by atoms with Gasteiger partial charge in [0.15, 0.2) is 0 Å². The normalized spacial score (nSPS) is 9.40. The molecule has 4 N–H and O–H groups in total. The summed E-state index contributed by atoms with van der Waals surface area (Å²) < 4.78 is 0. The third kappa shape index (κ3) is 7.29. The first-order valence-corrected chi connectivity index (χ1v) is 4.42.